The lowest BCUT2D eigenvalue weighted by atomic mass is 9.83. The third-order valence-electron chi connectivity index (χ3n) is 8.83. The lowest BCUT2D eigenvalue weighted by molar-refractivity contribution is 0.0523. The summed E-state index contributed by atoms with van der Waals surface area (Å²) in [6, 6.07) is 41.7. The second kappa shape index (κ2) is 14.3. The van der Waals surface area contributed by atoms with Gasteiger partial charge in [0.2, 0.25) is 10.0 Å². The van der Waals surface area contributed by atoms with Gasteiger partial charge in [-0.3, -0.25) is 0 Å². The van der Waals surface area contributed by atoms with E-state index in [1.165, 1.54) is 0 Å². The minimum atomic E-state index is -4.05. The number of nitrogens with one attached hydrogen (secondary N) is 1. The summed E-state index contributed by atoms with van der Waals surface area (Å²) in [5.41, 5.74) is 2.68. The second-order valence-electron chi connectivity index (χ2n) is 11.9. The predicted octanol–water partition coefficient (Wildman–Crippen LogP) is 9.52. The number of aromatic nitrogens is 1. The van der Waals surface area contributed by atoms with Gasteiger partial charge < -0.3 is 9.26 Å². The van der Waals surface area contributed by atoms with Crippen LogP contribution in [0.5, 0.6) is 0 Å². The van der Waals surface area contributed by atoms with Crippen LogP contribution in [0.2, 0.25) is 5.02 Å². The van der Waals surface area contributed by atoms with Gasteiger partial charge in [-0.25, -0.2) is 17.9 Å². The third-order valence-corrected chi connectivity index (χ3v) is 10.7. The number of carbonyl (C=O) groups is 1. The van der Waals surface area contributed by atoms with Gasteiger partial charge in [-0.05, 0) is 47.4 Å². The number of ether oxygens (including phenoxy) is 1. The molecule has 250 valence electrons. The van der Waals surface area contributed by atoms with E-state index in [9.17, 15) is 13.2 Å². The van der Waals surface area contributed by atoms with Gasteiger partial charge in [0.15, 0.2) is 5.76 Å². The highest BCUT2D eigenvalue weighted by atomic mass is 35.5. The molecule has 7 nitrogen and oxygen atoms in total. The molecule has 0 fully saturated rings. The Morgan fingerprint density at radius 3 is 1.86 bits per heavy atom. The van der Waals surface area contributed by atoms with Crippen LogP contribution in [0, 0.1) is 0 Å². The van der Waals surface area contributed by atoms with Crippen LogP contribution in [-0.2, 0) is 21.2 Å². The van der Waals surface area contributed by atoms with E-state index in [1.54, 1.807) is 37.3 Å². The summed E-state index contributed by atoms with van der Waals surface area (Å²) in [6.07, 6.45) is 0.306. The molecule has 50 heavy (non-hydrogen) atoms. The Hall–Kier alpha value is -5.28. The summed E-state index contributed by atoms with van der Waals surface area (Å²) < 4.78 is 43.0. The maximum absolute atomic E-state index is 14.2. The molecular weight excluding hydrogens is 668 g/mol. The first kappa shape index (κ1) is 33.2. The van der Waals surface area contributed by atoms with Crippen molar-refractivity contribution >= 4 is 49.1 Å². The van der Waals surface area contributed by atoms with E-state index in [1.807, 2.05) is 109 Å². The van der Waals surface area contributed by atoms with Gasteiger partial charge in [0.25, 0.3) is 0 Å². The summed E-state index contributed by atoms with van der Waals surface area (Å²) in [6.45, 7) is 1.84. The number of hydrogen-bond donors (Lipinski definition) is 1. The van der Waals surface area contributed by atoms with Crippen LogP contribution in [0.4, 0.5) is 0 Å². The Morgan fingerprint density at radius 2 is 1.28 bits per heavy atom. The average Bonchev–Trinajstić information content (AvgIpc) is 3.59. The minimum Gasteiger partial charge on any atom is -0.462 e. The molecule has 7 rings (SSSR count). The fraction of sp³-hybridized carbons (Fsp3) is 0.122. The van der Waals surface area contributed by atoms with Crippen LogP contribution in [0.1, 0.15) is 46.1 Å². The Morgan fingerprint density at radius 1 is 0.760 bits per heavy atom. The predicted molar refractivity (Wildman–Crippen MR) is 197 cm³/mol. The molecule has 0 radical (unpaired) electrons. The normalized spacial score (nSPS) is 12.9. The van der Waals surface area contributed by atoms with Crippen molar-refractivity contribution in [3.05, 3.63) is 167 Å². The van der Waals surface area contributed by atoms with Gasteiger partial charge in [-0.15, -0.1) is 0 Å². The highest BCUT2D eigenvalue weighted by Crippen LogP contribution is 2.45. The largest absolute Gasteiger partial charge is 0.462 e. The number of halogens is 1. The zero-order valence-electron chi connectivity index (χ0n) is 27.1. The quantitative estimate of drug-likeness (QED) is 0.107. The summed E-state index contributed by atoms with van der Waals surface area (Å²) in [5.74, 6) is -1.17. The van der Waals surface area contributed by atoms with Crippen LogP contribution in [0.25, 0.3) is 32.8 Å². The Kier molecular flexibility index (Phi) is 9.50. The molecule has 0 aliphatic heterocycles. The fourth-order valence-electron chi connectivity index (χ4n) is 6.57. The average molecular weight is 701 g/mol. The molecule has 0 amide bonds. The van der Waals surface area contributed by atoms with E-state index < -0.39 is 28.0 Å². The first-order chi connectivity index (χ1) is 24.4. The van der Waals surface area contributed by atoms with Gasteiger partial charge in [-0.1, -0.05) is 144 Å². The summed E-state index contributed by atoms with van der Waals surface area (Å²) in [5, 5.41) is 8.35. The van der Waals surface area contributed by atoms with Crippen molar-refractivity contribution in [1.82, 2.24) is 9.88 Å². The number of sulfonamides is 1. The number of hydrogen-bond acceptors (Lipinski definition) is 6. The lowest BCUT2D eigenvalue weighted by Gasteiger charge is -2.27. The standard InChI is InChI=1S/C41H33ClN2O5S/c1-2-48-41(45)36-39(35-30-22-12-14-24-32(30)37(42)33-25-15-13-23-31(33)35)43-49-40(36)34(26-27-16-6-3-7-17-27)38(28-18-8-4-9-19-28)44-50(46,47)29-20-10-5-11-21-29/h3-25,34,38,44H,2,26H2,1H3/t34-,38+/m1/s1. The molecule has 1 heterocycles. The molecule has 6 aromatic carbocycles. The van der Waals surface area contributed by atoms with Gasteiger partial charge in [0.05, 0.1) is 22.6 Å². The smallest absolute Gasteiger partial charge is 0.344 e. The van der Waals surface area contributed by atoms with Crippen molar-refractivity contribution in [2.45, 2.75) is 30.2 Å². The van der Waals surface area contributed by atoms with Gasteiger partial charge in [0, 0.05) is 22.3 Å². The molecule has 0 saturated carbocycles. The van der Waals surface area contributed by atoms with E-state index in [0.717, 1.165) is 27.1 Å². The van der Waals surface area contributed by atoms with Gasteiger partial charge in [0.1, 0.15) is 11.3 Å². The van der Waals surface area contributed by atoms with E-state index in [4.69, 9.17) is 20.9 Å². The molecule has 9 heteroatoms. The molecule has 2 atom stereocenters. The van der Waals surface area contributed by atoms with Crippen LogP contribution >= 0.6 is 11.6 Å². The van der Waals surface area contributed by atoms with Crippen molar-refractivity contribution in [3.63, 3.8) is 0 Å². The maximum Gasteiger partial charge on any atom is 0.344 e. The third kappa shape index (κ3) is 6.41. The molecule has 1 aromatic heterocycles. The first-order valence-electron chi connectivity index (χ1n) is 16.3. The highest BCUT2D eigenvalue weighted by Gasteiger charge is 2.38. The monoisotopic (exact) mass is 700 g/mol. The number of fused-ring (bicyclic) bond motifs is 2. The van der Waals surface area contributed by atoms with E-state index in [0.29, 0.717) is 28.3 Å². The van der Waals surface area contributed by atoms with Crippen molar-refractivity contribution in [3.8, 4) is 11.3 Å². The molecule has 0 bridgehead atoms. The highest BCUT2D eigenvalue weighted by molar-refractivity contribution is 7.89. The molecule has 1 N–H and O–H groups in total. The topological polar surface area (TPSA) is 98.5 Å². The summed E-state index contributed by atoms with van der Waals surface area (Å²) >= 11 is 6.95. The number of esters is 1. The molecular formula is C41H33ClN2O5S. The number of benzene rings is 6. The molecule has 0 saturated heterocycles. The molecule has 0 aliphatic carbocycles. The number of carbonyl (C=O) groups excluding carboxylic acids is 1. The van der Waals surface area contributed by atoms with E-state index in [2.05, 4.69) is 9.88 Å². The van der Waals surface area contributed by atoms with Gasteiger partial charge >= 0.3 is 5.97 Å². The van der Waals surface area contributed by atoms with Crippen molar-refractivity contribution < 1.29 is 22.5 Å². The van der Waals surface area contributed by atoms with Crippen LogP contribution in [-0.4, -0.2) is 26.2 Å². The van der Waals surface area contributed by atoms with Crippen LogP contribution < -0.4 is 4.72 Å². The number of nitrogens with zero attached hydrogens (tertiary/aromatic N) is 1. The maximum atomic E-state index is 14.2. The first-order valence-corrected chi connectivity index (χ1v) is 18.2. The Labute approximate surface area is 295 Å². The SMILES string of the molecule is CCOC(=O)c1c(-c2c3ccccc3c(Cl)c3ccccc23)noc1[C@H](Cc1ccccc1)[C@@H](NS(=O)(=O)c1ccccc1)c1ccccc1. The zero-order valence-corrected chi connectivity index (χ0v) is 28.7. The van der Waals surface area contributed by atoms with Crippen molar-refractivity contribution in [1.29, 1.82) is 0 Å². The van der Waals surface area contributed by atoms with Crippen LogP contribution in [0.3, 0.4) is 0 Å². The Bertz CT molecular complexity index is 2340. The zero-order chi connectivity index (χ0) is 34.7. The van der Waals surface area contributed by atoms with Crippen molar-refractivity contribution in [2.24, 2.45) is 0 Å². The molecule has 0 aliphatic rings. The van der Waals surface area contributed by atoms with Gasteiger partial charge in [-0.2, -0.15) is 0 Å². The lowest BCUT2D eigenvalue weighted by Crippen LogP contribution is -2.34. The fourth-order valence-corrected chi connectivity index (χ4v) is 8.18. The molecule has 0 spiro atoms. The number of rotatable bonds is 11. The molecule has 0 unspecified atom stereocenters. The summed E-state index contributed by atoms with van der Waals surface area (Å²) in [7, 11) is -4.05. The summed E-state index contributed by atoms with van der Waals surface area (Å²) in [4.78, 5) is 14.3. The van der Waals surface area contributed by atoms with E-state index >= 15 is 0 Å². The van der Waals surface area contributed by atoms with E-state index in [-0.39, 0.29) is 22.8 Å². The molecule has 7 aromatic rings. The minimum absolute atomic E-state index is 0.108. The second-order valence-corrected chi connectivity index (χ2v) is 14.0. The Balaban J connectivity index is 1.51. The van der Waals surface area contributed by atoms with Crippen LogP contribution in [0.15, 0.2) is 149 Å². The van der Waals surface area contributed by atoms with Crippen molar-refractivity contribution in [2.75, 3.05) is 6.61 Å².